The summed E-state index contributed by atoms with van der Waals surface area (Å²) in [6.45, 7) is -0.147. The molecule has 1 atom stereocenters. The van der Waals surface area contributed by atoms with E-state index in [1.807, 2.05) is 0 Å². The predicted molar refractivity (Wildman–Crippen MR) is 116 cm³/mol. The minimum absolute atomic E-state index is 0.0192. The van der Waals surface area contributed by atoms with E-state index in [0.29, 0.717) is 15.5 Å². The van der Waals surface area contributed by atoms with Gasteiger partial charge in [-0.25, -0.2) is 13.2 Å². The van der Waals surface area contributed by atoms with Gasteiger partial charge >= 0.3 is 5.97 Å². The molecule has 0 aliphatic carbocycles. The third-order valence-corrected chi connectivity index (χ3v) is 6.55. The first-order chi connectivity index (χ1) is 14.5. The van der Waals surface area contributed by atoms with Crippen LogP contribution in [0.1, 0.15) is 32.7 Å². The number of hydrogen-bond donors (Lipinski definition) is 0. The number of imide groups is 1. The molecule has 11 heteroatoms. The summed E-state index contributed by atoms with van der Waals surface area (Å²) < 4.78 is 28.6. The Morgan fingerprint density at radius 2 is 1.52 bits per heavy atom. The van der Waals surface area contributed by atoms with E-state index in [9.17, 15) is 22.8 Å². The largest absolute Gasteiger partial charge is 0.459 e. The number of carbonyl (C=O) groups is 3. The SMILES string of the molecule is CS(=O)(=O)CC[C@H](C(=O)OCc1ccc(Cl)cc1)N1C(=O)c2cc(Cl)c(Cl)cc2C1=O. The highest BCUT2D eigenvalue weighted by Gasteiger charge is 2.44. The molecule has 1 aliphatic rings. The quantitative estimate of drug-likeness (QED) is 0.420. The summed E-state index contributed by atoms with van der Waals surface area (Å²) in [5, 5.41) is 0.646. The predicted octanol–water partition coefficient (Wildman–Crippen LogP) is 3.79. The molecule has 1 aliphatic heterocycles. The molecule has 0 saturated heterocycles. The molecule has 2 amide bonds. The Kier molecular flexibility index (Phi) is 6.95. The van der Waals surface area contributed by atoms with Crippen LogP contribution in [0.15, 0.2) is 36.4 Å². The molecule has 2 aromatic rings. The summed E-state index contributed by atoms with van der Waals surface area (Å²) in [5.74, 6) is -2.89. The number of nitrogens with zero attached hydrogens (tertiary/aromatic N) is 1. The van der Waals surface area contributed by atoms with Crippen LogP contribution in [0.5, 0.6) is 0 Å². The number of rotatable bonds is 7. The van der Waals surface area contributed by atoms with E-state index in [0.717, 1.165) is 6.26 Å². The van der Waals surface area contributed by atoms with Crippen LogP contribution >= 0.6 is 34.8 Å². The third kappa shape index (κ3) is 5.38. The third-order valence-electron chi connectivity index (χ3n) is 4.60. The lowest BCUT2D eigenvalue weighted by molar-refractivity contribution is -0.149. The van der Waals surface area contributed by atoms with Crippen molar-refractivity contribution in [2.24, 2.45) is 0 Å². The van der Waals surface area contributed by atoms with Gasteiger partial charge in [0, 0.05) is 11.3 Å². The van der Waals surface area contributed by atoms with Gasteiger partial charge in [0.2, 0.25) is 0 Å². The molecule has 2 aromatic carbocycles. The summed E-state index contributed by atoms with van der Waals surface area (Å²) in [6.07, 6.45) is 0.677. The average Bonchev–Trinajstić information content (AvgIpc) is 2.92. The number of carbonyl (C=O) groups excluding carboxylic acids is 3. The molecule has 7 nitrogen and oxygen atoms in total. The first-order valence-electron chi connectivity index (χ1n) is 8.93. The van der Waals surface area contributed by atoms with E-state index in [-0.39, 0.29) is 34.2 Å². The van der Waals surface area contributed by atoms with Gasteiger partial charge in [0.1, 0.15) is 22.5 Å². The highest BCUT2D eigenvalue weighted by atomic mass is 35.5. The van der Waals surface area contributed by atoms with Crippen molar-refractivity contribution in [3.63, 3.8) is 0 Å². The van der Waals surface area contributed by atoms with Gasteiger partial charge in [-0.15, -0.1) is 0 Å². The van der Waals surface area contributed by atoms with Gasteiger partial charge in [0.15, 0.2) is 0 Å². The van der Waals surface area contributed by atoms with Gasteiger partial charge in [-0.2, -0.15) is 0 Å². The van der Waals surface area contributed by atoms with Crippen LogP contribution in [0.2, 0.25) is 15.1 Å². The number of ether oxygens (including phenoxy) is 1. The zero-order valence-corrected chi connectivity index (χ0v) is 19.2. The zero-order valence-electron chi connectivity index (χ0n) is 16.1. The first-order valence-corrected chi connectivity index (χ1v) is 12.1. The number of sulfone groups is 1. The molecule has 31 heavy (non-hydrogen) atoms. The summed E-state index contributed by atoms with van der Waals surface area (Å²) in [7, 11) is -3.48. The second kappa shape index (κ2) is 9.16. The van der Waals surface area contributed by atoms with Gasteiger partial charge < -0.3 is 4.74 Å². The van der Waals surface area contributed by atoms with Crippen LogP contribution in [0.25, 0.3) is 0 Å². The maximum atomic E-state index is 12.9. The molecular weight excluding hydrogens is 489 g/mol. The van der Waals surface area contributed by atoms with Crippen LogP contribution < -0.4 is 0 Å². The van der Waals surface area contributed by atoms with Crippen LogP contribution in [-0.2, 0) is 26.0 Å². The molecule has 3 rings (SSSR count). The lowest BCUT2D eigenvalue weighted by Gasteiger charge is -2.24. The van der Waals surface area contributed by atoms with Crippen LogP contribution in [-0.4, -0.2) is 49.2 Å². The van der Waals surface area contributed by atoms with Crippen LogP contribution in [0.3, 0.4) is 0 Å². The maximum absolute atomic E-state index is 12.9. The Balaban J connectivity index is 1.87. The van der Waals surface area contributed by atoms with Gasteiger partial charge in [0.05, 0.1) is 26.9 Å². The molecule has 0 bridgehead atoms. The summed E-state index contributed by atoms with van der Waals surface area (Å²) in [4.78, 5) is 39.3. The van der Waals surface area contributed by atoms with Crippen molar-refractivity contribution in [1.29, 1.82) is 0 Å². The standard InChI is InChI=1S/C20H16Cl3NO6S/c1-31(28,29)7-6-17(20(27)30-10-11-2-4-12(21)5-3-11)24-18(25)13-8-15(22)16(23)9-14(13)19(24)26/h2-5,8-9,17H,6-7,10H2,1H3/t17-/m1/s1. The van der Waals surface area contributed by atoms with Crippen molar-refractivity contribution in [3.05, 3.63) is 68.2 Å². The van der Waals surface area contributed by atoms with Crippen molar-refractivity contribution in [3.8, 4) is 0 Å². The van der Waals surface area contributed by atoms with Crippen molar-refractivity contribution in [2.45, 2.75) is 19.1 Å². The molecule has 0 N–H and O–H groups in total. The molecular formula is C20H16Cl3NO6S. The number of benzene rings is 2. The molecule has 0 saturated carbocycles. The Bertz CT molecular complexity index is 1120. The lowest BCUT2D eigenvalue weighted by Crippen LogP contribution is -2.46. The Hall–Kier alpha value is -2.13. The zero-order chi connectivity index (χ0) is 22.9. The second-order valence-corrected chi connectivity index (χ2v) is 10.5. The summed E-state index contributed by atoms with van der Waals surface area (Å²) in [6, 6.07) is 7.57. The lowest BCUT2D eigenvalue weighted by atomic mass is 10.1. The molecule has 164 valence electrons. The smallest absolute Gasteiger partial charge is 0.329 e. The molecule has 0 fully saturated rings. The number of amides is 2. The fraction of sp³-hybridized carbons (Fsp3) is 0.250. The van der Waals surface area contributed by atoms with Gasteiger partial charge in [-0.3, -0.25) is 14.5 Å². The van der Waals surface area contributed by atoms with Gasteiger partial charge in [0.25, 0.3) is 11.8 Å². The molecule has 0 aromatic heterocycles. The number of esters is 1. The minimum atomic E-state index is -3.48. The van der Waals surface area contributed by atoms with Crippen molar-refractivity contribution < 1.29 is 27.5 Å². The second-order valence-electron chi connectivity index (χ2n) is 6.96. The van der Waals surface area contributed by atoms with Crippen LogP contribution in [0.4, 0.5) is 0 Å². The molecule has 0 spiro atoms. The normalized spacial score (nSPS) is 14.5. The van der Waals surface area contributed by atoms with E-state index in [1.54, 1.807) is 24.3 Å². The maximum Gasteiger partial charge on any atom is 0.329 e. The van der Waals surface area contributed by atoms with E-state index in [1.165, 1.54) is 12.1 Å². The average molecular weight is 505 g/mol. The monoisotopic (exact) mass is 503 g/mol. The van der Waals surface area contributed by atoms with Crippen LogP contribution in [0, 0.1) is 0 Å². The van der Waals surface area contributed by atoms with E-state index in [2.05, 4.69) is 0 Å². The summed E-state index contributed by atoms with van der Waals surface area (Å²) >= 11 is 17.7. The molecule has 1 heterocycles. The van der Waals surface area contributed by atoms with Crippen molar-refractivity contribution in [2.75, 3.05) is 12.0 Å². The van der Waals surface area contributed by atoms with E-state index in [4.69, 9.17) is 39.5 Å². The Labute approximate surface area is 193 Å². The van der Waals surface area contributed by atoms with Crippen molar-refractivity contribution >= 4 is 62.4 Å². The van der Waals surface area contributed by atoms with Gasteiger partial charge in [-0.1, -0.05) is 46.9 Å². The highest BCUT2D eigenvalue weighted by Crippen LogP contribution is 2.33. The highest BCUT2D eigenvalue weighted by molar-refractivity contribution is 7.90. The van der Waals surface area contributed by atoms with E-state index >= 15 is 0 Å². The fourth-order valence-corrected chi connectivity index (χ4v) is 4.15. The fourth-order valence-electron chi connectivity index (χ4n) is 3.04. The molecule has 0 unspecified atom stereocenters. The Morgan fingerprint density at radius 3 is 2.00 bits per heavy atom. The Morgan fingerprint density at radius 1 is 1.00 bits per heavy atom. The number of hydrogen-bond acceptors (Lipinski definition) is 6. The van der Waals surface area contributed by atoms with Gasteiger partial charge in [-0.05, 0) is 36.2 Å². The topological polar surface area (TPSA) is 97.8 Å². The number of fused-ring (bicyclic) bond motifs is 1. The van der Waals surface area contributed by atoms with E-state index < -0.39 is 39.4 Å². The number of halogens is 3. The summed E-state index contributed by atoms with van der Waals surface area (Å²) in [5.41, 5.74) is 0.587. The van der Waals surface area contributed by atoms with Crippen molar-refractivity contribution in [1.82, 2.24) is 4.90 Å². The minimum Gasteiger partial charge on any atom is -0.459 e. The first kappa shape index (κ1) is 23.5. The molecule has 0 radical (unpaired) electrons.